The van der Waals surface area contributed by atoms with Crippen LogP contribution in [0, 0.1) is 11.2 Å². The first-order chi connectivity index (χ1) is 19.2. The van der Waals surface area contributed by atoms with Crippen molar-refractivity contribution >= 4 is 15.9 Å². The number of aliphatic hydroxyl groups is 1. The molecule has 1 unspecified atom stereocenters. The van der Waals surface area contributed by atoms with Gasteiger partial charge in [0.2, 0.25) is 9.84 Å². The number of nitrogens with zero attached hydrogens (tertiary/aromatic N) is 6. The Kier molecular flexibility index (Phi) is 5.79. The number of halogens is 1. The average Bonchev–Trinajstić information content (AvgIpc) is 3.59. The van der Waals surface area contributed by atoms with E-state index in [0.29, 0.717) is 30.9 Å². The SMILES string of the molecule is Cn1cnc(S(=O)(=O)[C@H]2CCC3=Cc4c(cnn4-c4ccc(F)cc4)C[C@]3(C(O)c3ccc(C4CC4)cn3)C2)n1. The minimum Gasteiger partial charge on any atom is -0.386 e. The smallest absolute Gasteiger partial charge is 0.267 e. The van der Waals surface area contributed by atoms with Crippen molar-refractivity contribution in [3.63, 3.8) is 0 Å². The van der Waals surface area contributed by atoms with Gasteiger partial charge in [-0.05, 0) is 92.0 Å². The molecule has 3 heterocycles. The maximum atomic E-state index is 13.7. The van der Waals surface area contributed by atoms with Crippen LogP contribution in [0.3, 0.4) is 0 Å². The zero-order chi connectivity index (χ0) is 27.6. The quantitative estimate of drug-likeness (QED) is 0.378. The van der Waals surface area contributed by atoms with Crippen LogP contribution in [-0.4, -0.2) is 48.3 Å². The predicted molar refractivity (Wildman–Crippen MR) is 145 cm³/mol. The van der Waals surface area contributed by atoms with Crippen molar-refractivity contribution in [2.24, 2.45) is 12.5 Å². The Balaban J connectivity index is 1.31. The van der Waals surface area contributed by atoms with Gasteiger partial charge in [-0.25, -0.2) is 22.5 Å². The third-order valence-electron chi connectivity index (χ3n) is 8.67. The highest BCUT2D eigenvalue weighted by atomic mass is 32.2. The minimum atomic E-state index is -3.83. The second kappa shape index (κ2) is 9.17. The summed E-state index contributed by atoms with van der Waals surface area (Å²) in [6.07, 6.45) is 9.74. The summed E-state index contributed by atoms with van der Waals surface area (Å²) in [4.78, 5) is 8.69. The van der Waals surface area contributed by atoms with Crippen molar-refractivity contribution < 1.29 is 17.9 Å². The number of aryl methyl sites for hydroxylation is 1. The molecule has 0 saturated heterocycles. The summed E-state index contributed by atoms with van der Waals surface area (Å²) >= 11 is 0. The van der Waals surface area contributed by atoms with Crippen molar-refractivity contribution in [3.05, 3.63) is 89.0 Å². The molecule has 9 nitrogen and oxygen atoms in total. The fraction of sp³-hybridized carbons (Fsp3) is 0.379. The Bertz CT molecular complexity index is 1720. The molecule has 1 aromatic carbocycles. The molecule has 2 fully saturated rings. The van der Waals surface area contributed by atoms with Crippen molar-refractivity contribution in [2.75, 3.05) is 0 Å². The van der Waals surface area contributed by atoms with E-state index in [1.807, 2.05) is 24.4 Å². The van der Waals surface area contributed by atoms with Gasteiger partial charge in [-0.15, -0.1) is 5.10 Å². The first kappa shape index (κ1) is 25.3. The third-order valence-corrected chi connectivity index (χ3v) is 10.7. The molecule has 3 atom stereocenters. The molecule has 0 aliphatic heterocycles. The molecular formula is C29H29FN6O3S. The lowest BCUT2D eigenvalue weighted by Crippen LogP contribution is -2.44. The Hall–Kier alpha value is -3.70. The average molecular weight is 561 g/mol. The zero-order valence-corrected chi connectivity index (χ0v) is 22.8. The monoisotopic (exact) mass is 560 g/mol. The lowest BCUT2D eigenvalue weighted by Gasteiger charge is -2.47. The van der Waals surface area contributed by atoms with Crippen LogP contribution in [0.5, 0.6) is 0 Å². The molecule has 3 aromatic heterocycles. The number of hydrogen-bond acceptors (Lipinski definition) is 7. The van der Waals surface area contributed by atoms with E-state index in [1.165, 1.54) is 28.7 Å². The van der Waals surface area contributed by atoms with E-state index in [2.05, 4.69) is 20.2 Å². The largest absolute Gasteiger partial charge is 0.386 e. The van der Waals surface area contributed by atoms with Crippen LogP contribution in [-0.2, 0) is 23.3 Å². The van der Waals surface area contributed by atoms with Gasteiger partial charge in [0.1, 0.15) is 18.2 Å². The maximum absolute atomic E-state index is 13.7. The Morgan fingerprint density at radius 3 is 2.55 bits per heavy atom. The van der Waals surface area contributed by atoms with Crippen LogP contribution in [0.2, 0.25) is 0 Å². The van der Waals surface area contributed by atoms with E-state index < -0.39 is 26.6 Å². The van der Waals surface area contributed by atoms with Gasteiger partial charge in [-0.1, -0.05) is 11.6 Å². The van der Waals surface area contributed by atoms with Crippen molar-refractivity contribution in [1.82, 2.24) is 29.5 Å². The molecule has 11 heteroatoms. The number of aliphatic hydroxyl groups excluding tert-OH is 1. The maximum Gasteiger partial charge on any atom is 0.267 e. The molecule has 2 saturated carbocycles. The van der Waals surface area contributed by atoms with Gasteiger partial charge in [-0.3, -0.25) is 9.67 Å². The van der Waals surface area contributed by atoms with Crippen LogP contribution in [0.15, 0.2) is 65.8 Å². The summed E-state index contributed by atoms with van der Waals surface area (Å²) in [5.41, 5.74) is 4.22. The van der Waals surface area contributed by atoms with Crippen LogP contribution >= 0.6 is 0 Å². The fourth-order valence-corrected chi connectivity index (χ4v) is 8.03. The zero-order valence-electron chi connectivity index (χ0n) is 22.0. The topological polar surface area (TPSA) is 116 Å². The van der Waals surface area contributed by atoms with Crippen LogP contribution in [0.1, 0.15) is 66.6 Å². The van der Waals surface area contributed by atoms with Crippen molar-refractivity contribution in [1.29, 1.82) is 0 Å². The molecule has 0 radical (unpaired) electrons. The second-order valence-corrected chi connectivity index (χ2v) is 13.4. The molecule has 1 N–H and O–H groups in total. The number of sulfone groups is 1. The van der Waals surface area contributed by atoms with Gasteiger partial charge >= 0.3 is 0 Å². The molecular weight excluding hydrogens is 531 g/mol. The molecule has 40 heavy (non-hydrogen) atoms. The fourth-order valence-electron chi connectivity index (χ4n) is 6.35. The van der Waals surface area contributed by atoms with Gasteiger partial charge in [0.05, 0.1) is 28.5 Å². The first-order valence-electron chi connectivity index (χ1n) is 13.5. The number of rotatable bonds is 6. The summed E-state index contributed by atoms with van der Waals surface area (Å²) in [7, 11) is -2.20. The molecule has 206 valence electrons. The molecule has 0 bridgehead atoms. The Labute approximate surface area is 231 Å². The Morgan fingerprint density at radius 2 is 1.88 bits per heavy atom. The summed E-state index contributed by atoms with van der Waals surface area (Å²) in [6.45, 7) is 0. The van der Waals surface area contributed by atoms with Crippen LogP contribution in [0.4, 0.5) is 4.39 Å². The number of hydrogen-bond donors (Lipinski definition) is 1. The van der Waals surface area contributed by atoms with Crippen molar-refractivity contribution in [2.45, 2.75) is 61.0 Å². The standard InChI is InChI=1S/C29H29FN6O3S/c1-35-17-32-28(34-35)40(38,39)24-10-5-21-12-26-20(16-33-36(26)23-8-6-22(30)7-9-23)13-29(21,14-24)27(37)25-11-4-19(15-31-25)18-2-3-18/h4,6-9,11-12,15-18,24,27,37H,2-3,5,10,13-14H2,1H3/t24-,27?,29-/m0/s1. The number of pyridine rings is 1. The van der Waals surface area contributed by atoms with E-state index in [4.69, 9.17) is 0 Å². The lowest BCUT2D eigenvalue weighted by atomic mass is 9.60. The summed E-state index contributed by atoms with van der Waals surface area (Å²) in [6, 6.07) is 10.0. The minimum absolute atomic E-state index is 0.190. The highest BCUT2D eigenvalue weighted by Gasteiger charge is 2.52. The van der Waals surface area contributed by atoms with E-state index in [9.17, 15) is 17.9 Å². The van der Waals surface area contributed by atoms with Gasteiger partial charge in [0.15, 0.2) is 0 Å². The number of benzene rings is 1. The van der Waals surface area contributed by atoms with Crippen molar-refractivity contribution in [3.8, 4) is 5.69 Å². The third kappa shape index (κ3) is 4.10. The van der Waals surface area contributed by atoms with Crippen LogP contribution < -0.4 is 0 Å². The Morgan fingerprint density at radius 1 is 1.07 bits per heavy atom. The van der Waals surface area contributed by atoms with Gasteiger partial charge in [0.25, 0.3) is 5.16 Å². The molecule has 0 spiro atoms. The van der Waals surface area contributed by atoms with E-state index >= 15 is 0 Å². The van der Waals surface area contributed by atoms with Gasteiger partial charge in [-0.2, -0.15) is 5.10 Å². The van der Waals surface area contributed by atoms with Crippen LogP contribution in [0.25, 0.3) is 11.8 Å². The normalized spacial score (nSPS) is 23.3. The van der Waals surface area contributed by atoms with Gasteiger partial charge in [0, 0.05) is 18.7 Å². The molecule has 7 rings (SSSR count). The molecule has 0 amide bonds. The van der Waals surface area contributed by atoms with E-state index in [-0.39, 0.29) is 17.4 Å². The second-order valence-electron chi connectivity index (χ2n) is 11.2. The van der Waals surface area contributed by atoms with Gasteiger partial charge < -0.3 is 5.11 Å². The highest BCUT2D eigenvalue weighted by molar-refractivity contribution is 7.91. The number of fused-ring (bicyclic) bond motifs is 2. The van der Waals surface area contributed by atoms with E-state index in [0.717, 1.165) is 35.4 Å². The summed E-state index contributed by atoms with van der Waals surface area (Å²) in [5, 5.41) is 19.7. The summed E-state index contributed by atoms with van der Waals surface area (Å²) in [5.74, 6) is 0.212. The number of aromatic nitrogens is 6. The highest BCUT2D eigenvalue weighted by Crippen LogP contribution is 2.56. The molecule has 3 aliphatic rings. The molecule has 3 aliphatic carbocycles. The van der Waals surface area contributed by atoms with E-state index in [1.54, 1.807) is 30.1 Å². The summed E-state index contributed by atoms with van der Waals surface area (Å²) < 4.78 is 44.1. The first-order valence-corrected chi connectivity index (χ1v) is 15.1. The molecule has 4 aromatic rings. The predicted octanol–water partition coefficient (Wildman–Crippen LogP) is 4.10. The lowest BCUT2D eigenvalue weighted by molar-refractivity contribution is 0.0279.